The predicted octanol–water partition coefficient (Wildman–Crippen LogP) is 4.29. The van der Waals surface area contributed by atoms with Crippen LogP contribution in [-0.2, 0) is 5.60 Å². The normalized spacial score (nSPS) is 22.8. The minimum atomic E-state index is -0.816. The average molecular weight is 291 g/mol. The van der Waals surface area contributed by atoms with Crippen molar-refractivity contribution in [1.82, 2.24) is 4.98 Å². The first kappa shape index (κ1) is 16.3. The quantitative estimate of drug-likeness (QED) is 0.899. The molecule has 0 amide bonds. The number of aliphatic hydroxyl groups is 1. The molecule has 3 nitrogen and oxygen atoms in total. The Hall–Kier alpha value is -1.09. The van der Waals surface area contributed by atoms with Crippen molar-refractivity contribution in [1.29, 1.82) is 0 Å². The van der Waals surface area contributed by atoms with Crippen molar-refractivity contribution in [3.8, 4) is 5.75 Å². The molecule has 1 heterocycles. The van der Waals surface area contributed by atoms with Crippen LogP contribution in [0.5, 0.6) is 5.75 Å². The number of nitrogens with zero attached hydrogens (tertiary/aromatic N) is 1. The summed E-state index contributed by atoms with van der Waals surface area (Å²) in [7, 11) is 0. The minimum absolute atomic E-state index is 0.122. The second-order valence-corrected chi connectivity index (χ2v) is 8.15. The lowest BCUT2D eigenvalue weighted by molar-refractivity contribution is -0.0915. The maximum Gasteiger partial charge on any atom is 0.137 e. The summed E-state index contributed by atoms with van der Waals surface area (Å²) in [6.07, 6.45) is 7.14. The van der Waals surface area contributed by atoms with Gasteiger partial charge in [-0.15, -0.1) is 0 Å². The number of hydrogen-bond donors (Lipinski definition) is 1. The maximum absolute atomic E-state index is 11.3. The lowest BCUT2D eigenvalue weighted by atomic mass is 9.58. The Morgan fingerprint density at radius 2 is 1.71 bits per heavy atom. The standard InChI is InChI=1S/C18H29NO2/c1-6-7-21-15-8-14(9-19-10-15)18(20)12-16(2,3)11-17(4,5)13-18/h8-10,20H,6-7,11-13H2,1-5H3. The van der Waals surface area contributed by atoms with E-state index in [1.54, 1.807) is 12.4 Å². The molecule has 1 N–H and O–H groups in total. The topological polar surface area (TPSA) is 42.4 Å². The monoisotopic (exact) mass is 291 g/mol. The Labute approximate surface area is 128 Å². The highest BCUT2D eigenvalue weighted by Crippen LogP contribution is 2.53. The third kappa shape index (κ3) is 3.97. The molecule has 1 aliphatic rings. The molecule has 0 bridgehead atoms. The largest absolute Gasteiger partial charge is 0.492 e. The third-order valence-electron chi connectivity index (χ3n) is 4.22. The maximum atomic E-state index is 11.3. The molecule has 0 unspecified atom stereocenters. The van der Waals surface area contributed by atoms with Gasteiger partial charge in [-0.2, -0.15) is 0 Å². The lowest BCUT2D eigenvalue weighted by Gasteiger charge is -2.49. The summed E-state index contributed by atoms with van der Waals surface area (Å²) < 4.78 is 5.66. The Bertz CT molecular complexity index is 478. The molecule has 0 spiro atoms. The molecule has 0 aliphatic heterocycles. The fraction of sp³-hybridized carbons (Fsp3) is 0.722. The van der Waals surface area contributed by atoms with Crippen molar-refractivity contribution in [3.63, 3.8) is 0 Å². The molecule has 0 aromatic carbocycles. The van der Waals surface area contributed by atoms with Gasteiger partial charge in [0.05, 0.1) is 18.4 Å². The third-order valence-corrected chi connectivity index (χ3v) is 4.22. The second kappa shape index (κ2) is 5.60. The molecule has 0 atom stereocenters. The van der Waals surface area contributed by atoms with E-state index < -0.39 is 5.60 Å². The van der Waals surface area contributed by atoms with Gasteiger partial charge in [0.15, 0.2) is 0 Å². The zero-order valence-electron chi connectivity index (χ0n) is 14.1. The molecule has 1 aliphatic carbocycles. The van der Waals surface area contributed by atoms with Crippen LogP contribution in [0.25, 0.3) is 0 Å². The minimum Gasteiger partial charge on any atom is -0.492 e. The van der Waals surface area contributed by atoms with E-state index in [0.717, 1.165) is 37.0 Å². The van der Waals surface area contributed by atoms with E-state index >= 15 is 0 Å². The van der Waals surface area contributed by atoms with Gasteiger partial charge in [-0.05, 0) is 42.6 Å². The lowest BCUT2D eigenvalue weighted by Crippen LogP contribution is -2.44. The Balaban J connectivity index is 2.30. The van der Waals surface area contributed by atoms with Crippen LogP contribution >= 0.6 is 0 Å². The van der Waals surface area contributed by atoms with Crippen molar-refractivity contribution < 1.29 is 9.84 Å². The first-order chi connectivity index (χ1) is 9.66. The van der Waals surface area contributed by atoms with Crippen LogP contribution in [0, 0.1) is 10.8 Å². The van der Waals surface area contributed by atoms with Gasteiger partial charge < -0.3 is 9.84 Å². The van der Waals surface area contributed by atoms with Gasteiger partial charge in [0.25, 0.3) is 0 Å². The summed E-state index contributed by atoms with van der Waals surface area (Å²) in [4.78, 5) is 4.27. The fourth-order valence-corrected chi connectivity index (χ4v) is 4.24. The highest BCUT2D eigenvalue weighted by molar-refractivity contribution is 5.29. The highest BCUT2D eigenvalue weighted by atomic mass is 16.5. The van der Waals surface area contributed by atoms with Crippen LogP contribution in [-0.4, -0.2) is 16.7 Å². The van der Waals surface area contributed by atoms with Crippen LogP contribution < -0.4 is 4.74 Å². The second-order valence-electron chi connectivity index (χ2n) is 8.15. The Morgan fingerprint density at radius 3 is 2.29 bits per heavy atom. The molecule has 1 aromatic rings. The van der Waals surface area contributed by atoms with Crippen LogP contribution in [0.4, 0.5) is 0 Å². The van der Waals surface area contributed by atoms with Crippen molar-refractivity contribution in [2.45, 2.75) is 65.9 Å². The molecule has 0 saturated heterocycles. The van der Waals surface area contributed by atoms with E-state index in [1.165, 1.54) is 0 Å². The number of ether oxygens (including phenoxy) is 1. The molecule has 118 valence electrons. The van der Waals surface area contributed by atoms with Crippen LogP contribution in [0.2, 0.25) is 0 Å². The zero-order chi connectivity index (χ0) is 15.7. The van der Waals surface area contributed by atoms with Crippen molar-refractivity contribution in [3.05, 3.63) is 24.0 Å². The van der Waals surface area contributed by atoms with Crippen LogP contribution in [0.15, 0.2) is 18.5 Å². The molecule has 1 saturated carbocycles. The summed E-state index contributed by atoms with van der Waals surface area (Å²) >= 11 is 0. The molecule has 1 fully saturated rings. The Morgan fingerprint density at radius 1 is 1.10 bits per heavy atom. The number of hydrogen-bond acceptors (Lipinski definition) is 3. The summed E-state index contributed by atoms with van der Waals surface area (Å²) in [5, 5.41) is 11.3. The van der Waals surface area contributed by atoms with Gasteiger partial charge in [0.1, 0.15) is 5.75 Å². The van der Waals surface area contributed by atoms with Gasteiger partial charge in [0, 0.05) is 11.8 Å². The molecule has 21 heavy (non-hydrogen) atoms. The van der Waals surface area contributed by atoms with Gasteiger partial charge in [-0.3, -0.25) is 4.98 Å². The van der Waals surface area contributed by atoms with E-state index in [2.05, 4.69) is 39.6 Å². The van der Waals surface area contributed by atoms with E-state index in [4.69, 9.17) is 4.74 Å². The summed E-state index contributed by atoms with van der Waals surface area (Å²) in [5.41, 5.74) is 0.314. The van der Waals surface area contributed by atoms with E-state index in [1.807, 2.05) is 6.07 Å². The van der Waals surface area contributed by atoms with Gasteiger partial charge >= 0.3 is 0 Å². The zero-order valence-corrected chi connectivity index (χ0v) is 14.1. The van der Waals surface area contributed by atoms with Crippen molar-refractivity contribution >= 4 is 0 Å². The predicted molar refractivity (Wildman–Crippen MR) is 85.3 cm³/mol. The van der Waals surface area contributed by atoms with E-state index in [0.29, 0.717) is 6.61 Å². The average Bonchev–Trinajstić information content (AvgIpc) is 2.32. The van der Waals surface area contributed by atoms with Gasteiger partial charge in [-0.1, -0.05) is 34.6 Å². The van der Waals surface area contributed by atoms with E-state index in [9.17, 15) is 5.11 Å². The number of pyridine rings is 1. The molecule has 0 radical (unpaired) electrons. The van der Waals surface area contributed by atoms with Gasteiger partial charge in [0.2, 0.25) is 0 Å². The molecular formula is C18H29NO2. The molecule has 1 aromatic heterocycles. The molecule has 2 rings (SSSR count). The van der Waals surface area contributed by atoms with Crippen molar-refractivity contribution in [2.75, 3.05) is 6.61 Å². The number of rotatable bonds is 4. The summed E-state index contributed by atoms with van der Waals surface area (Å²) in [6, 6.07) is 1.96. The molecular weight excluding hydrogens is 262 g/mol. The van der Waals surface area contributed by atoms with Gasteiger partial charge in [-0.25, -0.2) is 0 Å². The van der Waals surface area contributed by atoms with E-state index in [-0.39, 0.29) is 10.8 Å². The first-order valence-electron chi connectivity index (χ1n) is 7.97. The van der Waals surface area contributed by atoms with Crippen LogP contribution in [0.1, 0.15) is 65.9 Å². The molecule has 3 heteroatoms. The summed E-state index contributed by atoms with van der Waals surface area (Å²) in [6.45, 7) is 11.7. The highest BCUT2D eigenvalue weighted by Gasteiger charge is 2.47. The number of aromatic nitrogens is 1. The SMILES string of the molecule is CCCOc1cncc(C2(O)CC(C)(C)CC(C)(C)C2)c1. The van der Waals surface area contributed by atoms with Crippen LogP contribution in [0.3, 0.4) is 0 Å². The Kier molecular flexibility index (Phi) is 4.34. The summed E-state index contributed by atoms with van der Waals surface area (Å²) in [5.74, 6) is 0.754. The van der Waals surface area contributed by atoms with Crippen molar-refractivity contribution in [2.24, 2.45) is 10.8 Å². The first-order valence-corrected chi connectivity index (χ1v) is 7.97. The smallest absolute Gasteiger partial charge is 0.137 e. The fourth-order valence-electron chi connectivity index (χ4n) is 4.24.